The van der Waals surface area contributed by atoms with Gasteiger partial charge in [-0.15, -0.1) is 0 Å². The zero-order valence-electron chi connectivity index (χ0n) is 14.5. The van der Waals surface area contributed by atoms with E-state index in [9.17, 15) is 0 Å². The first-order valence-electron chi connectivity index (χ1n) is 7.62. The summed E-state index contributed by atoms with van der Waals surface area (Å²) in [5.41, 5.74) is 6.94. The molecule has 1 atom stereocenters. The maximum Gasteiger partial charge on any atom is 0.138 e. The molecule has 2 N–H and O–H groups in total. The topological polar surface area (TPSA) is 64.3 Å². The number of aromatic nitrogens is 2. The fraction of sp³-hybridized carbons (Fsp3) is 0.750. The SMILES string of the molecule is CCC(C)N(CCOC)c1nc(C(C)(C)C)nc(N)c1C. The highest BCUT2D eigenvalue weighted by atomic mass is 16.5. The maximum atomic E-state index is 6.12. The van der Waals surface area contributed by atoms with Crippen molar-refractivity contribution in [2.75, 3.05) is 30.9 Å². The van der Waals surface area contributed by atoms with E-state index < -0.39 is 0 Å². The molecule has 0 radical (unpaired) electrons. The van der Waals surface area contributed by atoms with Crippen LogP contribution < -0.4 is 10.6 Å². The molecule has 1 rings (SSSR count). The van der Waals surface area contributed by atoms with Gasteiger partial charge in [-0.25, -0.2) is 9.97 Å². The third kappa shape index (κ3) is 4.30. The van der Waals surface area contributed by atoms with Crippen LogP contribution in [0.1, 0.15) is 52.4 Å². The number of hydrogen-bond donors (Lipinski definition) is 1. The molecule has 0 saturated carbocycles. The average molecular weight is 294 g/mol. The molecule has 1 unspecified atom stereocenters. The minimum Gasteiger partial charge on any atom is -0.383 e. The number of nitrogens with two attached hydrogens (primary N) is 1. The highest BCUT2D eigenvalue weighted by Crippen LogP contribution is 2.28. The van der Waals surface area contributed by atoms with E-state index in [1.807, 2.05) is 6.92 Å². The predicted molar refractivity (Wildman–Crippen MR) is 88.9 cm³/mol. The van der Waals surface area contributed by atoms with Crippen LogP contribution in [0.5, 0.6) is 0 Å². The number of nitrogen functional groups attached to an aromatic ring is 1. The van der Waals surface area contributed by atoms with Crippen molar-refractivity contribution in [3.8, 4) is 0 Å². The molecule has 0 aliphatic rings. The van der Waals surface area contributed by atoms with Crippen LogP contribution in [0.4, 0.5) is 11.6 Å². The fourth-order valence-corrected chi connectivity index (χ4v) is 2.08. The average Bonchev–Trinajstić information content (AvgIpc) is 2.41. The van der Waals surface area contributed by atoms with Crippen LogP contribution in [0.15, 0.2) is 0 Å². The van der Waals surface area contributed by atoms with Crippen LogP contribution in [0.25, 0.3) is 0 Å². The van der Waals surface area contributed by atoms with E-state index in [0.717, 1.165) is 30.2 Å². The largest absolute Gasteiger partial charge is 0.383 e. The zero-order valence-corrected chi connectivity index (χ0v) is 14.5. The number of nitrogens with zero attached hydrogens (tertiary/aromatic N) is 3. The van der Waals surface area contributed by atoms with Crippen molar-refractivity contribution in [2.45, 2.75) is 59.4 Å². The second kappa shape index (κ2) is 7.07. The number of hydrogen-bond acceptors (Lipinski definition) is 5. The van der Waals surface area contributed by atoms with Gasteiger partial charge in [0.25, 0.3) is 0 Å². The van der Waals surface area contributed by atoms with Gasteiger partial charge in [-0.1, -0.05) is 27.7 Å². The number of ether oxygens (including phenoxy) is 1. The van der Waals surface area contributed by atoms with Gasteiger partial charge >= 0.3 is 0 Å². The molecule has 21 heavy (non-hydrogen) atoms. The molecule has 5 heteroatoms. The molecule has 0 aliphatic carbocycles. The fourth-order valence-electron chi connectivity index (χ4n) is 2.08. The molecule has 0 aromatic carbocycles. The molecule has 0 saturated heterocycles. The Morgan fingerprint density at radius 1 is 1.29 bits per heavy atom. The molecule has 1 aromatic rings. The Kier molecular flexibility index (Phi) is 5.96. The number of rotatable bonds is 6. The van der Waals surface area contributed by atoms with Gasteiger partial charge in [0.2, 0.25) is 0 Å². The lowest BCUT2D eigenvalue weighted by atomic mass is 9.95. The lowest BCUT2D eigenvalue weighted by Gasteiger charge is -2.32. The molecule has 0 fully saturated rings. The summed E-state index contributed by atoms with van der Waals surface area (Å²) in [7, 11) is 1.72. The van der Waals surface area contributed by atoms with Gasteiger partial charge in [0, 0.05) is 30.7 Å². The molecule has 0 aliphatic heterocycles. The van der Waals surface area contributed by atoms with Gasteiger partial charge in [0.1, 0.15) is 17.5 Å². The van der Waals surface area contributed by atoms with E-state index in [2.05, 4.69) is 44.5 Å². The third-order valence-electron chi connectivity index (χ3n) is 3.76. The Bertz CT molecular complexity index is 468. The second-order valence-electron chi connectivity index (χ2n) is 6.57. The van der Waals surface area contributed by atoms with E-state index in [4.69, 9.17) is 15.5 Å². The lowest BCUT2D eigenvalue weighted by molar-refractivity contribution is 0.203. The summed E-state index contributed by atoms with van der Waals surface area (Å²) in [5, 5.41) is 0. The summed E-state index contributed by atoms with van der Waals surface area (Å²) in [6.45, 7) is 14.1. The first-order chi connectivity index (χ1) is 9.72. The van der Waals surface area contributed by atoms with Crippen molar-refractivity contribution in [1.29, 1.82) is 0 Å². The Morgan fingerprint density at radius 3 is 2.38 bits per heavy atom. The van der Waals surface area contributed by atoms with Crippen molar-refractivity contribution in [2.24, 2.45) is 0 Å². The highest BCUT2D eigenvalue weighted by molar-refractivity contribution is 5.57. The summed E-state index contributed by atoms with van der Waals surface area (Å²) in [6, 6.07) is 0.376. The Balaban J connectivity index is 3.32. The van der Waals surface area contributed by atoms with Gasteiger partial charge in [-0.05, 0) is 20.3 Å². The summed E-state index contributed by atoms with van der Waals surface area (Å²) in [5.74, 6) is 2.28. The van der Waals surface area contributed by atoms with Gasteiger partial charge in [-0.2, -0.15) is 0 Å². The normalized spacial score (nSPS) is 13.3. The molecular weight excluding hydrogens is 264 g/mol. The van der Waals surface area contributed by atoms with E-state index >= 15 is 0 Å². The minimum absolute atomic E-state index is 0.126. The lowest BCUT2D eigenvalue weighted by Crippen LogP contribution is -2.37. The summed E-state index contributed by atoms with van der Waals surface area (Å²) in [6.07, 6.45) is 1.04. The third-order valence-corrected chi connectivity index (χ3v) is 3.76. The van der Waals surface area contributed by atoms with Crippen molar-refractivity contribution < 1.29 is 4.74 Å². The van der Waals surface area contributed by atoms with E-state index in [-0.39, 0.29) is 5.41 Å². The van der Waals surface area contributed by atoms with E-state index in [1.54, 1.807) is 7.11 Å². The van der Waals surface area contributed by atoms with Crippen LogP contribution in [0, 0.1) is 6.92 Å². The Morgan fingerprint density at radius 2 is 1.90 bits per heavy atom. The van der Waals surface area contributed by atoms with Gasteiger partial charge in [-0.3, -0.25) is 0 Å². The summed E-state index contributed by atoms with van der Waals surface area (Å²) in [4.78, 5) is 11.5. The van der Waals surface area contributed by atoms with Crippen molar-refractivity contribution >= 4 is 11.6 Å². The van der Waals surface area contributed by atoms with Crippen molar-refractivity contribution in [3.63, 3.8) is 0 Å². The van der Waals surface area contributed by atoms with Crippen LogP contribution in [-0.2, 0) is 10.2 Å². The molecule has 1 heterocycles. The van der Waals surface area contributed by atoms with Crippen LogP contribution in [0.3, 0.4) is 0 Å². The highest BCUT2D eigenvalue weighted by Gasteiger charge is 2.24. The van der Waals surface area contributed by atoms with E-state index in [1.165, 1.54) is 0 Å². The van der Waals surface area contributed by atoms with Gasteiger partial charge < -0.3 is 15.4 Å². The molecular formula is C16H30N4O. The smallest absolute Gasteiger partial charge is 0.138 e. The van der Waals surface area contributed by atoms with Crippen LogP contribution in [0.2, 0.25) is 0 Å². The predicted octanol–water partition coefficient (Wildman–Crippen LogP) is 2.92. The number of anilines is 2. The molecule has 0 amide bonds. The van der Waals surface area contributed by atoms with Crippen molar-refractivity contribution in [3.05, 3.63) is 11.4 Å². The standard InChI is InChI=1S/C16H30N4O/c1-8-11(2)20(9-10-21-7)14-12(3)13(17)18-15(19-14)16(4,5)6/h11H,8-10H2,1-7H3,(H2,17,18,19). The van der Waals surface area contributed by atoms with E-state index in [0.29, 0.717) is 18.5 Å². The summed E-state index contributed by atoms with van der Waals surface area (Å²) >= 11 is 0. The molecule has 5 nitrogen and oxygen atoms in total. The Labute approximate surface area is 128 Å². The molecule has 120 valence electrons. The summed E-state index contributed by atoms with van der Waals surface area (Å²) < 4.78 is 5.24. The zero-order chi connectivity index (χ0) is 16.2. The van der Waals surface area contributed by atoms with Crippen LogP contribution in [-0.4, -0.2) is 36.3 Å². The second-order valence-corrected chi connectivity index (χ2v) is 6.57. The Hall–Kier alpha value is -1.36. The van der Waals surface area contributed by atoms with Crippen LogP contribution >= 0.6 is 0 Å². The van der Waals surface area contributed by atoms with Gasteiger partial charge in [0.15, 0.2) is 0 Å². The molecule has 0 bridgehead atoms. The monoisotopic (exact) mass is 294 g/mol. The minimum atomic E-state index is -0.126. The quantitative estimate of drug-likeness (QED) is 0.874. The molecule has 0 spiro atoms. The van der Waals surface area contributed by atoms with Crippen molar-refractivity contribution in [1.82, 2.24) is 9.97 Å². The first-order valence-corrected chi connectivity index (χ1v) is 7.62. The maximum absolute atomic E-state index is 6.12. The molecule has 1 aromatic heterocycles. The number of methoxy groups -OCH3 is 1. The first kappa shape index (κ1) is 17.7. The van der Waals surface area contributed by atoms with Gasteiger partial charge in [0.05, 0.1) is 6.61 Å².